The van der Waals surface area contributed by atoms with Crippen LogP contribution in [-0.4, -0.2) is 84.7 Å². The highest BCUT2D eigenvalue weighted by Gasteiger charge is 2.32. The van der Waals surface area contributed by atoms with Crippen molar-refractivity contribution in [2.45, 2.75) is 18.9 Å². The Hall–Kier alpha value is -0.650. The van der Waals surface area contributed by atoms with Crippen LogP contribution in [0.5, 0.6) is 0 Å². The molecule has 1 unspecified atom stereocenters. The summed E-state index contributed by atoms with van der Waals surface area (Å²) < 4.78 is 0. The maximum Gasteiger partial charge on any atom is 0.240 e. The van der Waals surface area contributed by atoms with Gasteiger partial charge in [0.25, 0.3) is 0 Å². The number of carbonyl (C=O) groups is 1. The van der Waals surface area contributed by atoms with Gasteiger partial charge in [-0.05, 0) is 26.4 Å². The van der Waals surface area contributed by atoms with Crippen molar-refractivity contribution in [1.29, 1.82) is 0 Å². The molecule has 0 bridgehead atoms. The highest BCUT2D eigenvalue weighted by molar-refractivity contribution is 5.82. The molecule has 98 valence electrons. The van der Waals surface area contributed by atoms with Gasteiger partial charge in [0.1, 0.15) is 0 Å². The fourth-order valence-electron chi connectivity index (χ4n) is 2.77. The molecule has 0 spiro atoms. The van der Waals surface area contributed by atoms with Crippen LogP contribution in [-0.2, 0) is 4.79 Å². The average molecular weight is 241 g/mol. The number of aliphatic hydroxyl groups excluding tert-OH is 1. The molecule has 2 heterocycles. The van der Waals surface area contributed by atoms with E-state index < -0.39 is 0 Å². The molecule has 0 saturated carbocycles. The predicted molar refractivity (Wildman–Crippen MR) is 65.8 cm³/mol. The molecule has 0 aromatic carbocycles. The highest BCUT2D eigenvalue weighted by Crippen LogP contribution is 2.17. The lowest BCUT2D eigenvalue weighted by atomic mass is 10.1. The van der Waals surface area contributed by atoms with Crippen LogP contribution in [0.1, 0.15) is 12.8 Å². The summed E-state index contributed by atoms with van der Waals surface area (Å²) in [4.78, 5) is 18.7. The molecular weight excluding hydrogens is 218 g/mol. The molecule has 5 nitrogen and oxygen atoms in total. The van der Waals surface area contributed by atoms with Crippen LogP contribution in [0, 0.1) is 0 Å². The zero-order valence-electron chi connectivity index (χ0n) is 10.6. The predicted octanol–water partition coefficient (Wildman–Crippen LogP) is -0.783. The third kappa shape index (κ3) is 2.97. The molecule has 1 amide bonds. The molecule has 0 aliphatic carbocycles. The van der Waals surface area contributed by atoms with E-state index in [1.165, 1.54) is 0 Å². The van der Waals surface area contributed by atoms with Gasteiger partial charge in [0.05, 0.1) is 12.6 Å². The second kappa shape index (κ2) is 5.80. The summed E-state index contributed by atoms with van der Waals surface area (Å²) in [5.74, 6) is 0.300. The van der Waals surface area contributed by atoms with Crippen LogP contribution < -0.4 is 0 Å². The first-order valence-electron chi connectivity index (χ1n) is 6.54. The second-order valence-corrected chi connectivity index (χ2v) is 5.03. The molecule has 2 fully saturated rings. The zero-order chi connectivity index (χ0) is 12.3. The number of rotatable bonds is 3. The maximum absolute atomic E-state index is 12.3. The quantitative estimate of drug-likeness (QED) is 0.704. The zero-order valence-corrected chi connectivity index (χ0v) is 10.6. The molecule has 5 heteroatoms. The van der Waals surface area contributed by atoms with Crippen molar-refractivity contribution in [2.24, 2.45) is 0 Å². The number of amides is 1. The molecule has 0 radical (unpaired) electrons. The molecular formula is C12H23N3O2. The minimum Gasteiger partial charge on any atom is -0.395 e. The van der Waals surface area contributed by atoms with Crippen LogP contribution >= 0.6 is 0 Å². The second-order valence-electron chi connectivity index (χ2n) is 5.03. The van der Waals surface area contributed by atoms with Gasteiger partial charge in [0.15, 0.2) is 0 Å². The lowest BCUT2D eigenvalue weighted by Gasteiger charge is -2.36. The Kier molecular flexibility index (Phi) is 4.36. The Morgan fingerprint density at radius 3 is 2.47 bits per heavy atom. The van der Waals surface area contributed by atoms with Crippen molar-refractivity contribution in [3.63, 3.8) is 0 Å². The molecule has 17 heavy (non-hydrogen) atoms. The monoisotopic (exact) mass is 241 g/mol. The standard InChI is InChI=1S/C12H23N3O2/c1-13-4-2-3-11(13)12(17)15-7-5-14(6-8-15)9-10-16/h11,16H,2-10H2,1H3. The van der Waals surface area contributed by atoms with Crippen molar-refractivity contribution in [1.82, 2.24) is 14.7 Å². The average Bonchev–Trinajstić information content (AvgIpc) is 2.76. The lowest BCUT2D eigenvalue weighted by molar-refractivity contribution is -0.137. The summed E-state index contributed by atoms with van der Waals surface area (Å²) >= 11 is 0. The van der Waals surface area contributed by atoms with Crippen LogP contribution in [0.25, 0.3) is 0 Å². The van der Waals surface area contributed by atoms with Gasteiger partial charge in [-0.3, -0.25) is 14.6 Å². The summed E-state index contributed by atoms with van der Waals surface area (Å²) in [6.45, 7) is 5.38. The third-order valence-electron chi connectivity index (χ3n) is 3.91. The summed E-state index contributed by atoms with van der Waals surface area (Å²) in [6, 6.07) is 0.111. The first-order chi connectivity index (χ1) is 8.22. The molecule has 1 N–H and O–H groups in total. The van der Waals surface area contributed by atoms with Crippen molar-refractivity contribution < 1.29 is 9.90 Å². The van der Waals surface area contributed by atoms with E-state index in [1.807, 2.05) is 11.9 Å². The Morgan fingerprint density at radius 2 is 1.94 bits per heavy atom. The SMILES string of the molecule is CN1CCCC1C(=O)N1CCN(CCO)CC1. The number of carbonyl (C=O) groups excluding carboxylic acids is 1. The molecule has 0 aromatic rings. The number of β-amino-alcohol motifs (C(OH)–C–C–N with tert-alkyl or cyclic N) is 1. The van der Waals surface area contributed by atoms with Gasteiger partial charge < -0.3 is 10.0 Å². The molecule has 2 rings (SSSR count). The number of likely N-dealkylation sites (tertiary alicyclic amines) is 1. The number of hydrogen-bond donors (Lipinski definition) is 1. The number of piperazine rings is 1. The summed E-state index contributed by atoms with van der Waals surface area (Å²) in [6.07, 6.45) is 2.14. The molecule has 1 atom stereocenters. The first-order valence-corrected chi connectivity index (χ1v) is 6.54. The van der Waals surface area contributed by atoms with Crippen LogP contribution in [0.15, 0.2) is 0 Å². The van der Waals surface area contributed by atoms with Gasteiger partial charge >= 0.3 is 0 Å². The smallest absolute Gasteiger partial charge is 0.240 e. The Balaban J connectivity index is 1.82. The fraction of sp³-hybridized carbons (Fsp3) is 0.917. The Bertz CT molecular complexity index is 264. The summed E-state index contributed by atoms with van der Waals surface area (Å²) in [5, 5.41) is 8.87. The number of likely N-dealkylation sites (N-methyl/N-ethyl adjacent to an activating group) is 1. The van der Waals surface area contributed by atoms with Crippen LogP contribution in [0.3, 0.4) is 0 Å². The summed E-state index contributed by atoms with van der Waals surface area (Å²) in [5.41, 5.74) is 0. The largest absolute Gasteiger partial charge is 0.395 e. The minimum atomic E-state index is 0.111. The summed E-state index contributed by atoms with van der Waals surface area (Å²) in [7, 11) is 2.04. The molecule has 2 aliphatic heterocycles. The number of nitrogens with zero attached hydrogens (tertiary/aromatic N) is 3. The van der Waals surface area contributed by atoms with E-state index in [4.69, 9.17) is 5.11 Å². The lowest BCUT2D eigenvalue weighted by Crippen LogP contribution is -2.53. The maximum atomic E-state index is 12.3. The van der Waals surface area contributed by atoms with Gasteiger partial charge in [-0.1, -0.05) is 0 Å². The van der Waals surface area contributed by atoms with E-state index in [-0.39, 0.29) is 12.6 Å². The Morgan fingerprint density at radius 1 is 1.24 bits per heavy atom. The van der Waals surface area contributed by atoms with E-state index >= 15 is 0 Å². The van der Waals surface area contributed by atoms with Gasteiger partial charge in [0.2, 0.25) is 5.91 Å². The van der Waals surface area contributed by atoms with Crippen molar-refractivity contribution in [3.05, 3.63) is 0 Å². The van der Waals surface area contributed by atoms with Gasteiger partial charge in [0, 0.05) is 32.7 Å². The number of aliphatic hydroxyl groups is 1. The minimum absolute atomic E-state index is 0.111. The van der Waals surface area contributed by atoms with Crippen LogP contribution in [0.4, 0.5) is 0 Å². The molecule has 2 saturated heterocycles. The van der Waals surface area contributed by atoms with E-state index in [1.54, 1.807) is 0 Å². The van der Waals surface area contributed by atoms with Crippen molar-refractivity contribution in [3.8, 4) is 0 Å². The van der Waals surface area contributed by atoms with Crippen LogP contribution in [0.2, 0.25) is 0 Å². The van der Waals surface area contributed by atoms with E-state index in [9.17, 15) is 4.79 Å². The third-order valence-corrected chi connectivity index (χ3v) is 3.91. The Labute approximate surface area is 103 Å². The van der Waals surface area contributed by atoms with E-state index in [2.05, 4.69) is 9.80 Å². The van der Waals surface area contributed by atoms with E-state index in [0.29, 0.717) is 5.91 Å². The van der Waals surface area contributed by atoms with Crippen molar-refractivity contribution >= 4 is 5.91 Å². The van der Waals surface area contributed by atoms with Gasteiger partial charge in [-0.25, -0.2) is 0 Å². The van der Waals surface area contributed by atoms with Gasteiger partial charge in [-0.15, -0.1) is 0 Å². The first kappa shape index (κ1) is 12.8. The van der Waals surface area contributed by atoms with Gasteiger partial charge in [-0.2, -0.15) is 0 Å². The molecule has 0 aromatic heterocycles. The highest BCUT2D eigenvalue weighted by atomic mass is 16.3. The van der Waals surface area contributed by atoms with E-state index in [0.717, 1.165) is 52.1 Å². The fourth-order valence-corrected chi connectivity index (χ4v) is 2.77. The van der Waals surface area contributed by atoms with Crippen molar-refractivity contribution in [2.75, 3.05) is 52.9 Å². The topological polar surface area (TPSA) is 47.0 Å². The number of hydrogen-bond acceptors (Lipinski definition) is 4. The molecule has 2 aliphatic rings. The normalized spacial score (nSPS) is 27.6.